The molecule has 1 atom stereocenters. The summed E-state index contributed by atoms with van der Waals surface area (Å²) in [5.41, 5.74) is 0.714. The van der Waals surface area contributed by atoms with Gasteiger partial charge in [-0.15, -0.1) is 21.5 Å². The van der Waals surface area contributed by atoms with E-state index in [2.05, 4.69) is 10.2 Å². The molecule has 0 saturated carbocycles. The van der Waals surface area contributed by atoms with Crippen molar-refractivity contribution in [1.82, 2.24) is 10.2 Å². The molecule has 0 fully saturated rings. The molecule has 0 saturated heterocycles. The summed E-state index contributed by atoms with van der Waals surface area (Å²) in [5, 5.41) is 10.6. The van der Waals surface area contributed by atoms with Gasteiger partial charge in [-0.1, -0.05) is 35.3 Å². The summed E-state index contributed by atoms with van der Waals surface area (Å²) in [6, 6.07) is 8.77. The molecule has 0 aliphatic heterocycles. The van der Waals surface area contributed by atoms with Gasteiger partial charge in [0.05, 0.1) is 21.3 Å². The van der Waals surface area contributed by atoms with Crippen LogP contribution in [-0.4, -0.2) is 16.2 Å². The Kier molecular flexibility index (Phi) is 5.18. The van der Waals surface area contributed by atoms with E-state index in [-0.39, 0.29) is 12.3 Å². The number of carbonyl (C=O) groups is 1. The number of carbonyl (C=O) groups excluding carboxylic acids is 1. The fraction of sp³-hybridized carbons (Fsp3) is 0.188. The molecule has 0 N–H and O–H groups in total. The molecule has 3 rings (SSSR count). The van der Waals surface area contributed by atoms with Gasteiger partial charge in [0.2, 0.25) is 0 Å². The second-order valence-corrected chi connectivity index (χ2v) is 6.74. The molecule has 0 bridgehead atoms. The third-order valence-electron chi connectivity index (χ3n) is 3.16. The summed E-state index contributed by atoms with van der Waals surface area (Å²) in [7, 11) is 0. The van der Waals surface area contributed by atoms with Crippen LogP contribution in [0.2, 0.25) is 10.0 Å². The van der Waals surface area contributed by atoms with Crippen molar-refractivity contribution in [3.8, 4) is 10.8 Å². The standard InChI is InChI=1S/C16H12Cl2N2O3S/c1-9(15-19-20-16(23-15)13-3-2-6-24-13)22-14(21)8-10-4-5-11(17)12(18)7-10/h2-7,9H,8H2,1H3/t9-/m0/s1. The van der Waals surface area contributed by atoms with Gasteiger partial charge in [-0.3, -0.25) is 4.79 Å². The van der Waals surface area contributed by atoms with Crippen molar-refractivity contribution in [3.05, 3.63) is 57.2 Å². The van der Waals surface area contributed by atoms with Gasteiger partial charge in [-0.05, 0) is 36.1 Å². The molecule has 1 aromatic carbocycles. The van der Waals surface area contributed by atoms with Crippen LogP contribution < -0.4 is 0 Å². The lowest BCUT2D eigenvalue weighted by atomic mass is 10.1. The second kappa shape index (κ2) is 7.34. The minimum atomic E-state index is -0.638. The number of rotatable bonds is 5. The Morgan fingerprint density at radius 1 is 1.29 bits per heavy atom. The monoisotopic (exact) mass is 382 g/mol. The van der Waals surface area contributed by atoms with Crippen molar-refractivity contribution < 1.29 is 13.9 Å². The number of hydrogen-bond acceptors (Lipinski definition) is 6. The van der Waals surface area contributed by atoms with Crippen LogP contribution in [0.25, 0.3) is 10.8 Å². The lowest BCUT2D eigenvalue weighted by Crippen LogP contribution is -2.11. The number of hydrogen-bond donors (Lipinski definition) is 0. The van der Waals surface area contributed by atoms with Gasteiger partial charge >= 0.3 is 5.97 Å². The van der Waals surface area contributed by atoms with Crippen LogP contribution >= 0.6 is 34.5 Å². The summed E-state index contributed by atoms with van der Waals surface area (Å²) >= 11 is 13.3. The highest BCUT2D eigenvalue weighted by molar-refractivity contribution is 7.13. The second-order valence-electron chi connectivity index (χ2n) is 4.98. The molecule has 3 aromatic rings. The van der Waals surface area contributed by atoms with Gasteiger partial charge in [-0.2, -0.15) is 0 Å². The van der Waals surface area contributed by atoms with E-state index in [0.29, 0.717) is 21.5 Å². The Bertz CT molecular complexity index is 849. The summed E-state index contributed by atoms with van der Waals surface area (Å²) in [4.78, 5) is 12.9. The van der Waals surface area contributed by atoms with E-state index >= 15 is 0 Å². The van der Waals surface area contributed by atoms with Crippen LogP contribution in [-0.2, 0) is 16.0 Å². The Hall–Kier alpha value is -1.89. The average molecular weight is 383 g/mol. The minimum Gasteiger partial charge on any atom is -0.452 e. The van der Waals surface area contributed by atoms with Crippen molar-refractivity contribution >= 4 is 40.5 Å². The first-order chi connectivity index (χ1) is 11.5. The predicted molar refractivity (Wildman–Crippen MR) is 92.3 cm³/mol. The van der Waals surface area contributed by atoms with Crippen molar-refractivity contribution in [3.63, 3.8) is 0 Å². The van der Waals surface area contributed by atoms with Crippen LogP contribution in [0.3, 0.4) is 0 Å². The van der Waals surface area contributed by atoms with E-state index in [1.165, 1.54) is 11.3 Å². The zero-order valence-electron chi connectivity index (χ0n) is 12.5. The topological polar surface area (TPSA) is 65.2 Å². The molecule has 0 amide bonds. The molecule has 0 aliphatic carbocycles. The molecule has 124 valence electrons. The summed E-state index contributed by atoms with van der Waals surface area (Å²) in [6.07, 6.45) is -0.561. The first-order valence-corrected chi connectivity index (χ1v) is 8.67. The van der Waals surface area contributed by atoms with Crippen molar-refractivity contribution in [2.45, 2.75) is 19.4 Å². The van der Waals surface area contributed by atoms with E-state index in [1.807, 2.05) is 17.5 Å². The molecule has 0 unspecified atom stereocenters. The summed E-state index contributed by atoms with van der Waals surface area (Å²) in [6.45, 7) is 1.68. The number of nitrogens with zero attached hydrogens (tertiary/aromatic N) is 2. The van der Waals surface area contributed by atoms with Crippen LogP contribution in [0, 0.1) is 0 Å². The van der Waals surface area contributed by atoms with E-state index in [9.17, 15) is 4.79 Å². The number of esters is 1. The Balaban J connectivity index is 1.62. The lowest BCUT2D eigenvalue weighted by Gasteiger charge is -2.09. The Morgan fingerprint density at radius 2 is 2.12 bits per heavy atom. The SMILES string of the molecule is C[C@H](OC(=O)Cc1ccc(Cl)c(Cl)c1)c1nnc(-c2cccs2)o1. The van der Waals surface area contributed by atoms with Gasteiger partial charge < -0.3 is 9.15 Å². The molecule has 24 heavy (non-hydrogen) atoms. The number of benzene rings is 1. The van der Waals surface area contributed by atoms with Crippen LogP contribution in [0.15, 0.2) is 40.1 Å². The van der Waals surface area contributed by atoms with Gasteiger partial charge in [-0.25, -0.2) is 0 Å². The maximum Gasteiger partial charge on any atom is 0.311 e. The number of aromatic nitrogens is 2. The first-order valence-electron chi connectivity index (χ1n) is 7.03. The van der Waals surface area contributed by atoms with Crippen LogP contribution in [0.5, 0.6) is 0 Å². The van der Waals surface area contributed by atoms with E-state index in [0.717, 1.165) is 4.88 Å². The molecule has 0 aliphatic rings. The predicted octanol–water partition coefficient (Wildman–Crippen LogP) is 4.95. The number of ether oxygens (including phenoxy) is 1. The maximum absolute atomic E-state index is 12.0. The lowest BCUT2D eigenvalue weighted by molar-refractivity contribution is -0.148. The number of halogens is 2. The zero-order valence-corrected chi connectivity index (χ0v) is 14.9. The van der Waals surface area contributed by atoms with E-state index < -0.39 is 12.1 Å². The highest BCUT2D eigenvalue weighted by Gasteiger charge is 2.19. The van der Waals surface area contributed by atoms with Gasteiger partial charge in [0.25, 0.3) is 11.8 Å². The molecule has 8 heteroatoms. The van der Waals surface area contributed by atoms with Crippen LogP contribution in [0.4, 0.5) is 0 Å². The van der Waals surface area contributed by atoms with Gasteiger partial charge in [0.1, 0.15) is 0 Å². The van der Waals surface area contributed by atoms with Crippen LogP contribution in [0.1, 0.15) is 24.5 Å². The number of thiophene rings is 1. The summed E-state index contributed by atoms with van der Waals surface area (Å²) in [5.74, 6) is 0.241. The van der Waals surface area contributed by atoms with Crippen molar-refractivity contribution in [1.29, 1.82) is 0 Å². The third-order valence-corrected chi connectivity index (χ3v) is 4.76. The Labute approximate surface area is 152 Å². The quantitative estimate of drug-likeness (QED) is 0.583. The smallest absolute Gasteiger partial charge is 0.311 e. The largest absolute Gasteiger partial charge is 0.452 e. The molecule has 0 radical (unpaired) electrons. The Morgan fingerprint density at radius 3 is 2.83 bits per heavy atom. The van der Waals surface area contributed by atoms with Gasteiger partial charge in [0.15, 0.2) is 6.10 Å². The molecule has 2 aromatic heterocycles. The normalized spacial score (nSPS) is 12.1. The molecular formula is C16H12Cl2N2O3S. The maximum atomic E-state index is 12.0. The molecule has 5 nitrogen and oxygen atoms in total. The fourth-order valence-corrected chi connectivity index (χ4v) is 2.97. The van der Waals surface area contributed by atoms with Crippen molar-refractivity contribution in [2.24, 2.45) is 0 Å². The van der Waals surface area contributed by atoms with Crippen molar-refractivity contribution in [2.75, 3.05) is 0 Å². The molecular weight excluding hydrogens is 371 g/mol. The average Bonchev–Trinajstić information content (AvgIpc) is 3.21. The third kappa shape index (κ3) is 3.95. The fourth-order valence-electron chi connectivity index (χ4n) is 2.00. The minimum absolute atomic E-state index is 0.0765. The summed E-state index contributed by atoms with van der Waals surface area (Å²) < 4.78 is 10.9. The van der Waals surface area contributed by atoms with E-state index in [1.54, 1.807) is 25.1 Å². The molecule has 0 spiro atoms. The highest BCUT2D eigenvalue weighted by atomic mass is 35.5. The van der Waals surface area contributed by atoms with Gasteiger partial charge in [0, 0.05) is 0 Å². The highest BCUT2D eigenvalue weighted by Crippen LogP contribution is 2.26. The zero-order chi connectivity index (χ0) is 17.1. The van der Waals surface area contributed by atoms with E-state index in [4.69, 9.17) is 32.4 Å². The first kappa shape index (κ1) is 17.0. The molecule has 2 heterocycles.